The zero-order valence-corrected chi connectivity index (χ0v) is 16.7. The van der Waals surface area contributed by atoms with Crippen LogP contribution in [0.4, 0.5) is 0 Å². The number of hydrogen-bond acceptors (Lipinski definition) is 6. The first-order chi connectivity index (χ1) is 13.9. The number of carbonyl (C=O) groups is 3. The second-order valence-electron chi connectivity index (χ2n) is 6.55. The van der Waals surface area contributed by atoms with E-state index in [-0.39, 0.29) is 24.3 Å². The Kier molecular flexibility index (Phi) is 6.39. The quantitative estimate of drug-likeness (QED) is 0.456. The van der Waals surface area contributed by atoms with Crippen LogP contribution in [-0.2, 0) is 14.4 Å². The van der Waals surface area contributed by atoms with Gasteiger partial charge in [-0.3, -0.25) is 14.4 Å². The van der Waals surface area contributed by atoms with E-state index in [1.807, 2.05) is 12.1 Å². The van der Waals surface area contributed by atoms with Crippen LogP contribution in [0.5, 0.6) is 17.2 Å². The van der Waals surface area contributed by atoms with Gasteiger partial charge < -0.3 is 19.5 Å². The van der Waals surface area contributed by atoms with Crippen LogP contribution in [0.3, 0.4) is 0 Å². The van der Waals surface area contributed by atoms with Gasteiger partial charge >= 0.3 is 11.9 Å². The maximum absolute atomic E-state index is 12.0. The predicted octanol–water partition coefficient (Wildman–Crippen LogP) is 3.11. The molecule has 0 spiro atoms. The van der Waals surface area contributed by atoms with Crippen LogP contribution in [0.25, 0.3) is 0 Å². The fourth-order valence-corrected chi connectivity index (χ4v) is 3.32. The first-order valence-electron chi connectivity index (χ1n) is 8.96. The molecule has 1 amide bonds. The van der Waals surface area contributed by atoms with Crippen molar-refractivity contribution in [3.8, 4) is 17.2 Å². The predicted molar refractivity (Wildman–Crippen MR) is 105 cm³/mol. The summed E-state index contributed by atoms with van der Waals surface area (Å²) in [4.78, 5) is 34.3. The molecule has 3 rings (SSSR count). The van der Waals surface area contributed by atoms with Crippen molar-refractivity contribution < 1.29 is 28.6 Å². The van der Waals surface area contributed by atoms with E-state index < -0.39 is 18.0 Å². The number of benzene rings is 2. The lowest BCUT2D eigenvalue weighted by atomic mass is 9.85. The Morgan fingerprint density at radius 1 is 1.03 bits per heavy atom. The molecule has 29 heavy (non-hydrogen) atoms. The summed E-state index contributed by atoms with van der Waals surface area (Å²) in [6.07, 6.45) is 0. The molecule has 0 aliphatic carbocycles. The fourth-order valence-electron chi connectivity index (χ4n) is 3.25. The normalized spacial score (nSPS) is 17.5. The molecule has 0 fully saturated rings. The highest BCUT2D eigenvalue weighted by Gasteiger charge is 2.33. The number of carbonyl (C=O) groups excluding carboxylic acids is 3. The Hall–Kier alpha value is -3.06. The van der Waals surface area contributed by atoms with Gasteiger partial charge in [0, 0.05) is 31.4 Å². The minimum absolute atomic E-state index is 0.170. The molecule has 1 aliphatic rings. The summed E-state index contributed by atoms with van der Waals surface area (Å²) in [5.74, 6) is -0.182. The molecule has 1 aliphatic heterocycles. The summed E-state index contributed by atoms with van der Waals surface area (Å²) >= 11 is 5.69. The van der Waals surface area contributed by atoms with E-state index in [2.05, 4.69) is 5.32 Å². The second kappa shape index (κ2) is 8.96. The summed E-state index contributed by atoms with van der Waals surface area (Å²) in [5, 5.41) is 2.94. The molecule has 1 N–H and O–H groups in total. The highest BCUT2D eigenvalue weighted by Crippen LogP contribution is 2.42. The number of ether oxygens (including phenoxy) is 3. The smallest absolute Gasteiger partial charge is 0.308 e. The van der Waals surface area contributed by atoms with E-state index in [1.165, 1.54) is 13.8 Å². The van der Waals surface area contributed by atoms with Crippen LogP contribution in [0.2, 0.25) is 0 Å². The number of hydrogen-bond donors (Lipinski definition) is 1. The molecule has 152 valence electrons. The lowest BCUT2D eigenvalue weighted by molar-refractivity contribution is -0.132. The van der Waals surface area contributed by atoms with Crippen molar-refractivity contribution in [3.05, 3.63) is 53.6 Å². The van der Waals surface area contributed by atoms with Crippen molar-refractivity contribution in [3.63, 3.8) is 0 Å². The average Bonchev–Trinajstić information content (AvgIpc) is 2.67. The van der Waals surface area contributed by atoms with Gasteiger partial charge in [-0.2, -0.15) is 0 Å². The molecule has 0 aromatic heterocycles. The number of halogens is 1. The summed E-state index contributed by atoms with van der Waals surface area (Å²) in [5.41, 5.74) is 1.65. The number of amides is 1. The van der Waals surface area contributed by atoms with E-state index in [0.29, 0.717) is 17.2 Å². The SMILES string of the molecule is CC(=O)Oc1ccc(C2COc3cc(OC(C)=O)ccc3C2NC(=O)CCl)cc1. The van der Waals surface area contributed by atoms with E-state index in [4.69, 9.17) is 25.8 Å². The van der Waals surface area contributed by atoms with E-state index in [0.717, 1.165) is 11.1 Å². The van der Waals surface area contributed by atoms with Gasteiger partial charge in [0.15, 0.2) is 0 Å². The molecule has 2 aromatic rings. The van der Waals surface area contributed by atoms with Crippen LogP contribution < -0.4 is 19.5 Å². The molecule has 7 nitrogen and oxygen atoms in total. The number of fused-ring (bicyclic) bond motifs is 1. The van der Waals surface area contributed by atoms with Crippen LogP contribution in [0.1, 0.15) is 36.9 Å². The molecule has 2 atom stereocenters. The minimum atomic E-state index is -0.432. The van der Waals surface area contributed by atoms with Gasteiger partial charge in [-0.05, 0) is 29.8 Å². The highest BCUT2D eigenvalue weighted by atomic mass is 35.5. The van der Waals surface area contributed by atoms with Gasteiger partial charge in [0.25, 0.3) is 0 Å². The van der Waals surface area contributed by atoms with E-state index in [1.54, 1.807) is 30.3 Å². The van der Waals surface area contributed by atoms with E-state index >= 15 is 0 Å². The number of nitrogens with one attached hydrogen (secondary N) is 1. The topological polar surface area (TPSA) is 90.9 Å². The molecule has 2 aromatic carbocycles. The van der Waals surface area contributed by atoms with Crippen molar-refractivity contribution in [1.82, 2.24) is 5.32 Å². The van der Waals surface area contributed by atoms with Crippen molar-refractivity contribution in [2.45, 2.75) is 25.8 Å². The Bertz CT molecular complexity index is 927. The Balaban J connectivity index is 1.92. The number of alkyl halides is 1. The zero-order valence-electron chi connectivity index (χ0n) is 15.9. The molecule has 0 saturated carbocycles. The Morgan fingerprint density at radius 2 is 1.66 bits per heavy atom. The second-order valence-corrected chi connectivity index (χ2v) is 6.82. The largest absolute Gasteiger partial charge is 0.492 e. The van der Waals surface area contributed by atoms with Crippen molar-refractivity contribution in [2.24, 2.45) is 0 Å². The highest BCUT2D eigenvalue weighted by molar-refractivity contribution is 6.27. The molecule has 0 saturated heterocycles. The van der Waals surface area contributed by atoms with Crippen LogP contribution >= 0.6 is 11.6 Å². The zero-order chi connectivity index (χ0) is 21.0. The Labute approximate surface area is 172 Å². The van der Waals surface area contributed by atoms with Crippen LogP contribution in [0, 0.1) is 0 Å². The van der Waals surface area contributed by atoms with Crippen LogP contribution in [-0.4, -0.2) is 30.3 Å². The summed E-state index contributed by atoms with van der Waals surface area (Å²) in [7, 11) is 0. The first kappa shape index (κ1) is 20.7. The molecule has 0 bridgehead atoms. The van der Waals surface area contributed by atoms with Gasteiger partial charge in [-0.15, -0.1) is 11.6 Å². The third-order valence-corrected chi connectivity index (χ3v) is 4.65. The molecule has 1 heterocycles. The molecular formula is C21H20ClNO6. The lowest BCUT2D eigenvalue weighted by Crippen LogP contribution is -2.38. The van der Waals surface area contributed by atoms with Gasteiger partial charge in [-0.1, -0.05) is 12.1 Å². The van der Waals surface area contributed by atoms with Gasteiger partial charge in [0.05, 0.1) is 12.6 Å². The summed E-state index contributed by atoms with van der Waals surface area (Å²) in [6.45, 7) is 2.94. The third kappa shape index (κ3) is 5.06. The van der Waals surface area contributed by atoms with Gasteiger partial charge in [-0.25, -0.2) is 0 Å². The van der Waals surface area contributed by atoms with E-state index in [9.17, 15) is 14.4 Å². The number of rotatable bonds is 5. The fraction of sp³-hybridized carbons (Fsp3) is 0.286. The third-order valence-electron chi connectivity index (χ3n) is 4.41. The standard InChI is InChI=1S/C21H20ClNO6/c1-12(24)28-15-5-3-14(4-6-15)18-11-27-19-9-16(29-13(2)25)7-8-17(19)21(18)23-20(26)10-22/h3-9,18,21H,10-11H2,1-2H3,(H,23,26). The summed E-state index contributed by atoms with van der Waals surface area (Å²) in [6, 6.07) is 11.7. The maximum atomic E-state index is 12.0. The molecule has 0 radical (unpaired) electrons. The van der Waals surface area contributed by atoms with Gasteiger partial charge in [0.2, 0.25) is 5.91 Å². The number of esters is 2. The molecule has 8 heteroatoms. The molecule has 2 unspecified atom stereocenters. The van der Waals surface area contributed by atoms with Crippen molar-refractivity contribution in [1.29, 1.82) is 0 Å². The first-order valence-corrected chi connectivity index (χ1v) is 9.49. The maximum Gasteiger partial charge on any atom is 0.308 e. The van der Waals surface area contributed by atoms with Crippen LogP contribution in [0.15, 0.2) is 42.5 Å². The van der Waals surface area contributed by atoms with Crippen molar-refractivity contribution in [2.75, 3.05) is 12.5 Å². The monoisotopic (exact) mass is 417 g/mol. The lowest BCUT2D eigenvalue weighted by Gasteiger charge is -2.34. The average molecular weight is 418 g/mol. The van der Waals surface area contributed by atoms with Gasteiger partial charge in [0.1, 0.15) is 23.1 Å². The molecular weight excluding hydrogens is 398 g/mol. The minimum Gasteiger partial charge on any atom is -0.492 e. The summed E-state index contributed by atoms with van der Waals surface area (Å²) < 4.78 is 16.1. The van der Waals surface area contributed by atoms with Crippen molar-refractivity contribution >= 4 is 29.4 Å². The Morgan fingerprint density at radius 3 is 2.28 bits per heavy atom.